The summed E-state index contributed by atoms with van der Waals surface area (Å²) in [5.41, 5.74) is 0. The molecule has 0 bridgehead atoms. The third-order valence-electron chi connectivity index (χ3n) is 3.37. The number of hydrogen-bond acceptors (Lipinski definition) is 2. The van der Waals surface area contributed by atoms with Crippen molar-refractivity contribution in [1.29, 1.82) is 0 Å². The monoisotopic (exact) mass is 251 g/mol. The summed E-state index contributed by atoms with van der Waals surface area (Å²) in [5.74, 6) is 1.11. The summed E-state index contributed by atoms with van der Waals surface area (Å²) in [4.78, 5) is 0. The fourth-order valence-corrected chi connectivity index (χ4v) is 2.29. The van der Waals surface area contributed by atoms with Crippen LogP contribution in [0.25, 0.3) is 0 Å². The molecule has 0 aliphatic heterocycles. The van der Waals surface area contributed by atoms with Gasteiger partial charge in [0.15, 0.2) is 0 Å². The first-order valence-electron chi connectivity index (χ1n) is 7.62. The third kappa shape index (κ3) is 6.85. The van der Waals surface area contributed by atoms with E-state index in [1.807, 2.05) is 6.07 Å². The van der Waals surface area contributed by atoms with Gasteiger partial charge in [0.25, 0.3) is 0 Å². The Labute approximate surface area is 112 Å². The smallest absolute Gasteiger partial charge is 0.105 e. The Morgan fingerprint density at radius 2 is 1.94 bits per heavy atom. The molecule has 0 saturated heterocycles. The maximum Gasteiger partial charge on any atom is 0.105 e. The Bertz CT molecular complexity index is 269. The van der Waals surface area contributed by atoms with E-state index in [4.69, 9.17) is 4.42 Å². The minimum Gasteiger partial charge on any atom is -0.469 e. The predicted octanol–water partition coefficient (Wildman–Crippen LogP) is 4.55. The lowest BCUT2D eigenvalue weighted by Crippen LogP contribution is -2.31. The van der Waals surface area contributed by atoms with Crippen molar-refractivity contribution in [2.24, 2.45) is 0 Å². The van der Waals surface area contributed by atoms with Crippen molar-refractivity contribution in [3.8, 4) is 0 Å². The summed E-state index contributed by atoms with van der Waals surface area (Å²) in [6, 6.07) is 4.64. The molecule has 1 aromatic rings. The molecule has 1 heterocycles. The van der Waals surface area contributed by atoms with Crippen molar-refractivity contribution >= 4 is 0 Å². The van der Waals surface area contributed by atoms with Gasteiger partial charge in [0, 0.05) is 12.5 Å². The number of hydrogen-bond donors (Lipinski definition) is 1. The van der Waals surface area contributed by atoms with Crippen LogP contribution >= 0.6 is 0 Å². The van der Waals surface area contributed by atoms with E-state index in [0.717, 1.165) is 18.7 Å². The van der Waals surface area contributed by atoms with E-state index in [0.29, 0.717) is 6.04 Å². The molecular formula is C16H29NO. The van der Waals surface area contributed by atoms with Gasteiger partial charge in [0.1, 0.15) is 5.76 Å². The van der Waals surface area contributed by atoms with E-state index < -0.39 is 0 Å². The number of furan rings is 1. The molecule has 1 rings (SSSR count). The second-order valence-corrected chi connectivity index (χ2v) is 5.14. The summed E-state index contributed by atoms with van der Waals surface area (Å²) in [5, 5.41) is 3.64. The van der Waals surface area contributed by atoms with E-state index in [1.165, 1.54) is 44.9 Å². The van der Waals surface area contributed by atoms with Crippen molar-refractivity contribution < 1.29 is 4.42 Å². The summed E-state index contributed by atoms with van der Waals surface area (Å²) >= 11 is 0. The molecule has 1 aromatic heterocycles. The molecule has 0 fully saturated rings. The Morgan fingerprint density at radius 3 is 2.61 bits per heavy atom. The van der Waals surface area contributed by atoms with Crippen LogP contribution in [0.15, 0.2) is 22.8 Å². The minimum atomic E-state index is 0.581. The zero-order chi connectivity index (χ0) is 13.1. The standard InChI is InChI=1S/C16H29NO/c1-3-5-6-7-8-10-15(17-12-4-2)14-16-11-9-13-18-16/h9,11,13,15,17H,3-8,10,12,14H2,1-2H3. The lowest BCUT2D eigenvalue weighted by molar-refractivity contribution is 0.410. The van der Waals surface area contributed by atoms with Crippen molar-refractivity contribution in [2.75, 3.05) is 6.54 Å². The number of nitrogens with one attached hydrogen (secondary N) is 1. The van der Waals surface area contributed by atoms with E-state index >= 15 is 0 Å². The summed E-state index contributed by atoms with van der Waals surface area (Å²) in [6.07, 6.45) is 12.1. The van der Waals surface area contributed by atoms with Crippen LogP contribution in [-0.2, 0) is 6.42 Å². The van der Waals surface area contributed by atoms with Gasteiger partial charge in [-0.25, -0.2) is 0 Å². The first-order valence-corrected chi connectivity index (χ1v) is 7.62. The van der Waals surface area contributed by atoms with Crippen LogP contribution in [-0.4, -0.2) is 12.6 Å². The van der Waals surface area contributed by atoms with Crippen LogP contribution in [0.5, 0.6) is 0 Å². The van der Waals surface area contributed by atoms with Crippen LogP contribution < -0.4 is 5.32 Å². The van der Waals surface area contributed by atoms with E-state index in [-0.39, 0.29) is 0 Å². The molecule has 1 unspecified atom stereocenters. The highest BCUT2D eigenvalue weighted by atomic mass is 16.3. The normalized spacial score (nSPS) is 12.8. The second-order valence-electron chi connectivity index (χ2n) is 5.14. The summed E-state index contributed by atoms with van der Waals surface area (Å²) in [6.45, 7) is 5.60. The molecule has 2 heteroatoms. The Morgan fingerprint density at radius 1 is 1.11 bits per heavy atom. The second kappa shape index (κ2) is 10.2. The fraction of sp³-hybridized carbons (Fsp3) is 0.750. The average Bonchev–Trinajstić information content (AvgIpc) is 2.88. The average molecular weight is 251 g/mol. The van der Waals surface area contributed by atoms with Crippen molar-refractivity contribution in [3.05, 3.63) is 24.2 Å². The van der Waals surface area contributed by atoms with Crippen molar-refractivity contribution in [2.45, 2.75) is 71.3 Å². The van der Waals surface area contributed by atoms with Crippen LogP contribution in [0.3, 0.4) is 0 Å². The molecule has 0 aliphatic carbocycles. The highest BCUT2D eigenvalue weighted by Gasteiger charge is 2.10. The Hall–Kier alpha value is -0.760. The molecular weight excluding hydrogens is 222 g/mol. The predicted molar refractivity (Wildman–Crippen MR) is 77.9 cm³/mol. The van der Waals surface area contributed by atoms with Crippen LogP contribution in [0.2, 0.25) is 0 Å². The first-order chi connectivity index (χ1) is 8.86. The van der Waals surface area contributed by atoms with Crippen LogP contribution in [0.1, 0.15) is 64.6 Å². The number of rotatable bonds is 11. The zero-order valence-electron chi connectivity index (χ0n) is 12.1. The Balaban J connectivity index is 2.22. The SMILES string of the molecule is CCCCCCCC(Cc1ccco1)NCCC. The highest BCUT2D eigenvalue weighted by Crippen LogP contribution is 2.12. The topological polar surface area (TPSA) is 25.2 Å². The molecule has 0 saturated carbocycles. The fourth-order valence-electron chi connectivity index (χ4n) is 2.29. The number of unbranched alkanes of at least 4 members (excludes halogenated alkanes) is 4. The van der Waals surface area contributed by atoms with Gasteiger partial charge in [-0.2, -0.15) is 0 Å². The molecule has 18 heavy (non-hydrogen) atoms. The first kappa shape index (κ1) is 15.3. The van der Waals surface area contributed by atoms with Gasteiger partial charge in [-0.3, -0.25) is 0 Å². The van der Waals surface area contributed by atoms with Gasteiger partial charge in [0.05, 0.1) is 6.26 Å². The Kier molecular flexibility index (Phi) is 8.66. The van der Waals surface area contributed by atoms with Gasteiger partial charge >= 0.3 is 0 Å². The van der Waals surface area contributed by atoms with Gasteiger partial charge in [0.2, 0.25) is 0 Å². The van der Waals surface area contributed by atoms with Gasteiger partial charge < -0.3 is 9.73 Å². The van der Waals surface area contributed by atoms with Gasteiger partial charge in [-0.15, -0.1) is 0 Å². The third-order valence-corrected chi connectivity index (χ3v) is 3.37. The molecule has 104 valence electrons. The molecule has 1 atom stereocenters. The van der Waals surface area contributed by atoms with E-state index in [9.17, 15) is 0 Å². The lowest BCUT2D eigenvalue weighted by Gasteiger charge is -2.17. The quantitative estimate of drug-likeness (QED) is 0.584. The molecule has 0 amide bonds. The molecule has 0 radical (unpaired) electrons. The maximum atomic E-state index is 5.45. The lowest BCUT2D eigenvalue weighted by atomic mass is 10.0. The zero-order valence-corrected chi connectivity index (χ0v) is 12.1. The van der Waals surface area contributed by atoms with Gasteiger partial charge in [-0.05, 0) is 31.5 Å². The van der Waals surface area contributed by atoms with Crippen molar-refractivity contribution in [3.63, 3.8) is 0 Å². The largest absolute Gasteiger partial charge is 0.469 e. The summed E-state index contributed by atoms with van der Waals surface area (Å²) < 4.78 is 5.45. The molecule has 0 aromatic carbocycles. The maximum absolute atomic E-state index is 5.45. The highest BCUT2D eigenvalue weighted by molar-refractivity contribution is 5.00. The van der Waals surface area contributed by atoms with Gasteiger partial charge in [-0.1, -0.05) is 46.0 Å². The molecule has 1 N–H and O–H groups in total. The van der Waals surface area contributed by atoms with E-state index in [1.54, 1.807) is 6.26 Å². The molecule has 0 aliphatic rings. The molecule has 2 nitrogen and oxygen atoms in total. The minimum absolute atomic E-state index is 0.581. The van der Waals surface area contributed by atoms with E-state index in [2.05, 4.69) is 25.2 Å². The van der Waals surface area contributed by atoms with Crippen LogP contribution in [0, 0.1) is 0 Å². The summed E-state index contributed by atoms with van der Waals surface area (Å²) in [7, 11) is 0. The van der Waals surface area contributed by atoms with Crippen LogP contribution in [0.4, 0.5) is 0 Å². The van der Waals surface area contributed by atoms with Crippen molar-refractivity contribution in [1.82, 2.24) is 5.32 Å². The molecule has 0 spiro atoms.